The van der Waals surface area contributed by atoms with Crippen LogP contribution in [0.25, 0.3) is 0 Å². The standard InChI is InChI=1S/C22H22Cl2N2O3/c23-15-7-8-19(17(24)14-15)29-20-5-2-1-4-18(20)25-16-9-11-26(12-10-16)22(27)21-6-3-13-28-21/h1-2,4-8,14,16,25H,3,9-13H2. The fourth-order valence-electron chi connectivity index (χ4n) is 3.52. The second kappa shape index (κ2) is 8.97. The fraction of sp³-hybridized carbons (Fsp3) is 0.318. The van der Waals surface area contributed by atoms with Crippen molar-refractivity contribution in [1.29, 1.82) is 0 Å². The highest BCUT2D eigenvalue weighted by Gasteiger charge is 2.27. The zero-order chi connectivity index (χ0) is 20.2. The Bertz CT molecular complexity index is 924. The zero-order valence-electron chi connectivity index (χ0n) is 15.9. The van der Waals surface area contributed by atoms with E-state index in [1.807, 2.05) is 35.2 Å². The Kier molecular flexibility index (Phi) is 6.16. The molecule has 2 aromatic carbocycles. The van der Waals surface area contributed by atoms with Gasteiger partial charge in [0, 0.05) is 30.6 Å². The molecule has 0 spiro atoms. The van der Waals surface area contributed by atoms with Gasteiger partial charge in [-0.1, -0.05) is 35.3 Å². The number of amides is 1. The van der Waals surface area contributed by atoms with Crippen LogP contribution >= 0.6 is 23.2 Å². The van der Waals surface area contributed by atoms with Gasteiger partial charge in [-0.25, -0.2) is 0 Å². The highest BCUT2D eigenvalue weighted by Crippen LogP contribution is 2.35. The number of piperidine rings is 1. The summed E-state index contributed by atoms with van der Waals surface area (Å²) in [7, 11) is 0. The van der Waals surface area contributed by atoms with Crippen LogP contribution in [0, 0.1) is 0 Å². The van der Waals surface area contributed by atoms with Crippen LogP contribution in [0.4, 0.5) is 5.69 Å². The molecular weight excluding hydrogens is 411 g/mol. The number of halogens is 2. The highest BCUT2D eigenvalue weighted by atomic mass is 35.5. The Balaban J connectivity index is 1.38. The van der Waals surface area contributed by atoms with Crippen LogP contribution in [-0.4, -0.2) is 36.5 Å². The lowest BCUT2D eigenvalue weighted by Gasteiger charge is -2.33. The van der Waals surface area contributed by atoms with Crippen molar-refractivity contribution in [3.63, 3.8) is 0 Å². The molecule has 2 aliphatic heterocycles. The third-order valence-electron chi connectivity index (χ3n) is 5.06. The van der Waals surface area contributed by atoms with E-state index in [-0.39, 0.29) is 11.9 Å². The van der Waals surface area contributed by atoms with Crippen LogP contribution in [0.15, 0.2) is 54.3 Å². The van der Waals surface area contributed by atoms with Crippen molar-refractivity contribution in [3.05, 3.63) is 64.3 Å². The van der Waals surface area contributed by atoms with Crippen molar-refractivity contribution < 1.29 is 14.3 Å². The summed E-state index contributed by atoms with van der Waals surface area (Å²) in [6.07, 6.45) is 4.40. The molecule has 5 nitrogen and oxygen atoms in total. The van der Waals surface area contributed by atoms with E-state index in [1.54, 1.807) is 18.2 Å². The molecule has 4 rings (SSSR count). The van der Waals surface area contributed by atoms with E-state index in [2.05, 4.69) is 5.32 Å². The largest absolute Gasteiger partial charge is 0.488 e. The first-order chi connectivity index (χ1) is 14.1. The number of carbonyl (C=O) groups is 1. The molecule has 1 amide bonds. The van der Waals surface area contributed by atoms with Crippen molar-refractivity contribution in [3.8, 4) is 11.5 Å². The number of nitrogens with one attached hydrogen (secondary N) is 1. The van der Waals surface area contributed by atoms with Crippen molar-refractivity contribution in [2.24, 2.45) is 0 Å². The van der Waals surface area contributed by atoms with Crippen LogP contribution in [0.3, 0.4) is 0 Å². The summed E-state index contributed by atoms with van der Waals surface area (Å²) >= 11 is 12.2. The molecule has 152 valence electrons. The minimum Gasteiger partial charge on any atom is -0.488 e. The normalized spacial score (nSPS) is 16.9. The zero-order valence-corrected chi connectivity index (χ0v) is 17.4. The number of rotatable bonds is 5. The fourth-order valence-corrected chi connectivity index (χ4v) is 3.97. The number of hydrogen-bond donors (Lipinski definition) is 1. The smallest absolute Gasteiger partial charge is 0.288 e. The number of carbonyl (C=O) groups excluding carboxylic acids is 1. The molecule has 0 radical (unpaired) electrons. The van der Waals surface area contributed by atoms with E-state index in [0.29, 0.717) is 47.0 Å². The van der Waals surface area contributed by atoms with Gasteiger partial charge < -0.3 is 19.7 Å². The first-order valence-electron chi connectivity index (χ1n) is 9.71. The summed E-state index contributed by atoms with van der Waals surface area (Å²) < 4.78 is 11.4. The molecule has 7 heteroatoms. The number of hydrogen-bond acceptors (Lipinski definition) is 4. The van der Waals surface area contributed by atoms with Crippen LogP contribution in [0.1, 0.15) is 19.3 Å². The average molecular weight is 433 g/mol. The Morgan fingerprint density at radius 1 is 1.10 bits per heavy atom. The van der Waals surface area contributed by atoms with Gasteiger partial charge in [0.2, 0.25) is 0 Å². The summed E-state index contributed by atoms with van der Waals surface area (Å²) in [5.41, 5.74) is 0.894. The first kappa shape index (κ1) is 19.9. The van der Waals surface area contributed by atoms with Gasteiger partial charge in [0.1, 0.15) is 5.75 Å². The lowest BCUT2D eigenvalue weighted by Crippen LogP contribution is -2.43. The number of para-hydroxylation sites is 2. The molecule has 2 heterocycles. The molecule has 0 unspecified atom stereocenters. The summed E-state index contributed by atoms with van der Waals surface area (Å²) in [5.74, 6) is 1.74. The van der Waals surface area contributed by atoms with Gasteiger partial charge in [-0.3, -0.25) is 4.79 Å². The van der Waals surface area contributed by atoms with Gasteiger partial charge in [-0.15, -0.1) is 0 Å². The predicted molar refractivity (Wildman–Crippen MR) is 115 cm³/mol. The van der Waals surface area contributed by atoms with Crippen LogP contribution in [0.5, 0.6) is 11.5 Å². The van der Waals surface area contributed by atoms with Crippen LogP contribution in [-0.2, 0) is 9.53 Å². The van der Waals surface area contributed by atoms with Gasteiger partial charge >= 0.3 is 0 Å². The van der Waals surface area contributed by atoms with E-state index >= 15 is 0 Å². The topological polar surface area (TPSA) is 50.8 Å². The van der Waals surface area contributed by atoms with Crippen LogP contribution < -0.4 is 10.1 Å². The third kappa shape index (κ3) is 4.80. The number of nitrogens with zero attached hydrogens (tertiary/aromatic N) is 1. The number of anilines is 1. The quantitative estimate of drug-likeness (QED) is 0.677. The molecule has 2 aliphatic rings. The maximum absolute atomic E-state index is 12.4. The molecule has 2 aromatic rings. The Morgan fingerprint density at radius 2 is 1.90 bits per heavy atom. The summed E-state index contributed by atoms with van der Waals surface area (Å²) in [6, 6.07) is 13.2. The lowest BCUT2D eigenvalue weighted by molar-refractivity contribution is -0.131. The number of ether oxygens (including phenoxy) is 2. The molecule has 0 atom stereocenters. The lowest BCUT2D eigenvalue weighted by atomic mass is 10.0. The SMILES string of the molecule is O=C(C1=CCCO1)N1CCC(Nc2ccccc2Oc2ccc(Cl)cc2Cl)CC1. The van der Waals surface area contributed by atoms with Gasteiger partial charge in [0.15, 0.2) is 11.5 Å². The van der Waals surface area contributed by atoms with E-state index < -0.39 is 0 Å². The minimum atomic E-state index is 0.00191. The van der Waals surface area contributed by atoms with Crippen molar-refractivity contribution in [1.82, 2.24) is 4.90 Å². The van der Waals surface area contributed by atoms with E-state index in [4.69, 9.17) is 32.7 Å². The van der Waals surface area contributed by atoms with Gasteiger partial charge in [-0.2, -0.15) is 0 Å². The summed E-state index contributed by atoms with van der Waals surface area (Å²) in [5, 5.41) is 4.58. The van der Waals surface area contributed by atoms with Crippen molar-refractivity contribution in [2.45, 2.75) is 25.3 Å². The maximum atomic E-state index is 12.4. The van der Waals surface area contributed by atoms with E-state index in [0.717, 1.165) is 24.9 Å². The average Bonchev–Trinajstić information content (AvgIpc) is 3.26. The second-order valence-electron chi connectivity index (χ2n) is 7.09. The third-order valence-corrected chi connectivity index (χ3v) is 5.59. The molecule has 1 fully saturated rings. The van der Waals surface area contributed by atoms with Gasteiger partial charge in [0.25, 0.3) is 5.91 Å². The Hall–Kier alpha value is -2.37. The number of likely N-dealkylation sites (tertiary alicyclic amines) is 1. The van der Waals surface area contributed by atoms with E-state index in [1.165, 1.54) is 0 Å². The monoisotopic (exact) mass is 432 g/mol. The first-order valence-corrected chi connectivity index (χ1v) is 10.5. The van der Waals surface area contributed by atoms with Crippen molar-refractivity contribution in [2.75, 3.05) is 25.0 Å². The molecule has 1 saturated heterocycles. The molecule has 29 heavy (non-hydrogen) atoms. The van der Waals surface area contributed by atoms with Crippen LogP contribution in [0.2, 0.25) is 10.0 Å². The van der Waals surface area contributed by atoms with Gasteiger partial charge in [0.05, 0.1) is 17.3 Å². The minimum absolute atomic E-state index is 0.00191. The van der Waals surface area contributed by atoms with Crippen molar-refractivity contribution >= 4 is 34.8 Å². The highest BCUT2D eigenvalue weighted by molar-refractivity contribution is 6.35. The van der Waals surface area contributed by atoms with Gasteiger partial charge in [-0.05, 0) is 49.2 Å². The molecule has 0 aliphatic carbocycles. The van der Waals surface area contributed by atoms with E-state index in [9.17, 15) is 4.79 Å². The molecule has 0 saturated carbocycles. The summed E-state index contributed by atoms with van der Waals surface area (Å²) in [6.45, 7) is 2.00. The number of benzene rings is 2. The molecule has 0 bridgehead atoms. The molecule has 1 N–H and O–H groups in total. The molecular formula is C22H22Cl2N2O3. The maximum Gasteiger partial charge on any atom is 0.288 e. The Labute approximate surface area is 180 Å². The Morgan fingerprint density at radius 3 is 2.62 bits per heavy atom. The summed E-state index contributed by atoms with van der Waals surface area (Å²) in [4.78, 5) is 14.3. The molecule has 0 aromatic heterocycles. The second-order valence-corrected chi connectivity index (χ2v) is 7.93. The predicted octanol–water partition coefficient (Wildman–Crippen LogP) is 5.49.